The average Bonchev–Trinajstić information content (AvgIpc) is 3.13. The zero-order valence-electron chi connectivity index (χ0n) is 13.3. The molecule has 1 aliphatic rings. The predicted molar refractivity (Wildman–Crippen MR) is 93.7 cm³/mol. The summed E-state index contributed by atoms with van der Waals surface area (Å²) >= 11 is 2.91. The molecule has 0 radical (unpaired) electrons. The molecular formula is C15H21N5OS2. The van der Waals surface area contributed by atoms with Gasteiger partial charge in [-0.2, -0.15) is 0 Å². The lowest BCUT2D eigenvalue weighted by atomic mass is 9.92. The molecule has 124 valence electrons. The molecule has 1 fully saturated rings. The third-order valence-electron chi connectivity index (χ3n) is 3.95. The van der Waals surface area contributed by atoms with Crippen molar-refractivity contribution in [2.45, 2.75) is 25.4 Å². The second-order valence-electron chi connectivity index (χ2n) is 6.19. The number of thiophene rings is 1. The lowest BCUT2D eigenvalue weighted by Gasteiger charge is -2.34. The fraction of sp³-hybridized carbons (Fsp3) is 0.533. The van der Waals surface area contributed by atoms with E-state index in [-0.39, 0.29) is 5.91 Å². The van der Waals surface area contributed by atoms with Crippen LogP contribution in [-0.2, 0) is 4.79 Å². The van der Waals surface area contributed by atoms with E-state index in [4.69, 9.17) is 5.84 Å². The summed E-state index contributed by atoms with van der Waals surface area (Å²) in [5.74, 6) is 8.32. The molecule has 0 aromatic carbocycles. The Bertz CT molecular complexity index is 659. The summed E-state index contributed by atoms with van der Waals surface area (Å²) in [6, 6.07) is 3.90. The number of nitrogens with zero attached hydrogens (tertiary/aromatic N) is 4. The lowest BCUT2D eigenvalue weighted by molar-refractivity contribution is -0.130. The van der Waals surface area contributed by atoms with E-state index < -0.39 is 0 Å². The van der Waals surface area contributed by atoms with Crippen LogP contribution in [0.5, 0.6) is 0 Å². The predicted octanol–water partition coefficient (Wildman–Crippen LogP) is 2.32. The van der Waals surface area contributed by atoms with Crippen molar-refractivity contribution in [3.63, 3.8) is 0 Å². The molecule has 2 N–H and O–H groups in total. The van der Waals surface area contributed by atoms with Crippen LogP contribution in [0, 0.1) is 11.8 Å². The zero-order chi connectivity index (χ0) is 16.4. The van der Waals surface area contributed by atoms with Crippen molar-refractivity contribution in [3.8, 4) is 10.7 Å². The molecule has 2 unspecified atom stereocenters. The summed E-state index contributed by atoms with van der Waals surface area (Å²) in [6.07, 6.45) is 1.19. The maximum atomic E-state index is 12.4. The molecule has 2 aromatic heterocycles. The van der Waals surface area contributed by atoms with Crippen LogP contribution in [0.2, 0.25) is 0 Å². The van der Waals surface area contributed by atoms with E-state index in [1.165, 1.54) is 22.9 Å². The standard InChI is InChI=1S/C15H21N5OS2/c1-10-6-11(2)8-19(7-10)13(21)9-23-15-18-17-14(20(15)16)12-4-3-5-22-12/h3-5,10-11H,6-9,16H2,1-2H3. The van der Waals surface area contributed by atoms with E-state index >= 15 is 0 Å². The third-order valence-corrected chi connectivity index (χ3v) is 5.75. The first kappa shape index (κ1) is 16.3. The summed E-state index contributed by atoms with van der Waals surface area (Å²) in [4.78, 5) is 15.3. The molecule has 2 atom stereocenters. The number of carbonyl (C=O) groups excluding carboxylic acids is 1. The minimum Gasteiger partial charge on any atom is -0.341 e. The highest BCUT2D eigenvalue weighted by molar-refractivity contribution is 7.99. The largest absolute Gasteiger partial charge is 0.341 e. The fourth-order valence-electron chi connectivity index (χ4n) is 3.03. The van der Waals surface area contributed by atoms with Crippen LogP contribution in [0.4, 0.5) is 0 Å². The number of likely N-dealkylation sites (tertiary alicyclic amines) is 1. The van der Waals surface area contributed by atoms with Gasteiger partial charge in [0, 0.05) is 13.1 Å². The van der Waals surface area contributed by atoms with Crippen molar-refractivity contribution in [1.29, 1.82) is 0 Å². The Morgan fingerprint density at radius 3 is 2.78 bits per heavy atom. The van der Waals surface area contributed by atoms with Gasteiger partial charge in [-0.25, -0.2) is 4.68 Å². The van der Waals surface area contributed by atoms with Gasteiger partial charge in [0.2, 0.25) is 11.1 Å². The van der Waals surface area contributed by atoms with Gasteiger partial charge in [-0.05, 0) is 29.7 Å². The van der Waals surface area contributed by atoms with Gasteiger partial charge in [-0.3, -0.25) is 4.79 Å². The Balaban J connectivity index is 1.61. The van der Waals surface area contributed by atoms with Crippen molar-refractivity contribution >= 4 is 29.0 Å². The molecular weight excluding hydrogens is 330 g/mol. The molecule has 6 nitrogen and oxygen atoms in total. The summed E-state index contributed by atoms with van der Waals surface area (Å²) in [5.41, 5.74) is 0. The number of nitrogen functional groups attached to an aromatic ring is 1. The van der Waals surface area contributed by atoms with Crippen LogP contribution in [0.3, 0.4) is 0 Å². The molecule has 0 spiro atoms. The zero-order valence-corrected chi connectivity index (χ0v) is 14.9. The van der Waals surface area contributed by atoms with E-state index in [1.807, 2.05) is 22.4 Å². The van der Waals surface area contributed by atoms with Crippen LogP contribution >= 0.6 is 23.1 Å². The minimum atomic E-state index is 0.147. The molecule has 2 aromatic rings. The highest BCUT2D eigenvalue weighted by Gasteiger charge is 2.25. The minimum absolute atomic E-state index is 0.147. The van der Waals surface area contributed by atoms with Gasteiger partial charge in [0.05, 0.1) is 10.6 Å². The number of nitrogens with two attached hydrogens (primary N) is 1. The van der Waals surface area contributed by atoms with Crippen LogP contribution < -0.4 is 5.84 Å². The first-order valence-corrected chi connectivity index (χ1v) is 9.56. The van der Waals surface area contributed by atoms with Gasteiger partial charge < -0.3 is 10.7 Å². The lowest BCUT2D eigenvalue weighted by Crippen LogP contribution is -2.43. The SMILES string of the molecule is CC1CC(C)CN(C(=O)CSc2nnc(-c3cccs3)n2N)C1. The van der Waals surface area contributed by atoms with Gasteiger partial charge >= 0.3 is 0 Å². The summed E-state index contributed by atoms with van der Waals surface area (Å²) in [6.45, 7) is 6.10. The smallest absolute Gasteiger partial charge is 0.233 e. The number of thioether (sulfide) groups is 1. The molecule has 0 saturated carbocycles. The highest BCUT2D eigenvalue weighted by Crippen LogP contribution is 2.26. The summed E-state index contributed by atoms with van der Waals surface area (Å²) < 4.78 is 1.46. The third kappa shape index (κ3) is 3.69. The molecule has 0 aliphatic carbocycles. The van der Waals surface area contributed by atoms with Gasteiger partial charge in [0.25, 0.3) is 0 Å². The Kier molecular flexibility index (Phi) is 4.91. The van der Waals surface area contributed by atoms with Crippen LogP contribution in [0.25, 0.3) is 10.7 Å². The van der Waals surface area contributed by atoms with Crippen LogP contribution in [0.1, 0.15) is 20.3 Å². The van der Waals surface area contributed by atoms with E-state index in [0.29, 0.717) is 28.6 Å². The number of amides is 1. The van der Waals surface area contributed by atoms with E-state index in [0.717, 1.165) is 18.0 Å². The van der Waals surface area contributed by atoms with Crippen molar-refractivity contribution in [2.24, 2.45) is 11.8 Å². The molecule has 1 saturated heterocycles. The highest BCUT2D eigenvalue weighted by atomic mass is 32.2. The fourth-order valence-corrected chi connectivity index (χ4v) is 4.50. The second kappa shape index (κ2) is 6.92. The topological polar surface area (TPSA) is 77.0 Å². The first-order valence-electron chi connectivity index (χ1n) is 7.69. The van der Waals surface area contributed by atoms with Crippen LogP contribution in [0.15, 0.2) is 22.7 Å². The number of piperidine rings is 1. The summed E-state index contributed by atoms with van der Waals surface area (Å²) in [5, 5.41) is 10.8. The van der Waals surface area contributed by atoms with Gasteiger partial charge in [0.15, 0.2) is 5.82 Å². The van der Waals surface area contributed by atoms with Gasteiger partial charge in [-0.1, -0.05) is 31.7 Å². The van der Waals surface area contributed by atoms with Crippen molar-refractivity contribution < 1.29 is 4.79 Å². The monoisotopic (exact) mass is 351 g/mol. The molecule has 1 amide bonds. The Morgan fingerprint density at radius 1 is 1.39 bits per heavy atom. The van der Waals surface area contributed by atoms with E-state index in [1.54, 1.807) is 11.3 Å². The molecule has 3 heterocycles. The average molecular weight is 352 g/mol. The second-order valence-corrected chi connectivity index (χ2v) is 8.08. The maximum Gasteiger partial charge on any atom is 0.233 e. The number of carbonyl (C=O) groups is 1. The quantitative estimate of drug-likeness (QED) is 0.676. The number of rotatable bonds is 4. The Hall–Kier alpha value is -1.54. The van der Waals surface area contributed by atoms with Crippen LogP contribution in [-0.4, -0.2) is 44.5 Å². The number of aromatic nitrogens is 3. The number of hydrogen-bond donors (Lipinski definition) is 1. The van der Waals surface area contributed by atoms with Crippen molar-refractivity contribution in [1.82, 2.24) is 19.8 Å². The van der Waals surface area contributed by atoms with Gasteiger partial charge in [0.1, 0.15) is 0 Å². The number of hydrogen-bond acceptors (Lipinski definition) is 6. The van der Waals surface area contributed by atoms with Crippen molar-refractivity contribution in [2.75, 3.05) is 24.7 Å². The maximum absolute atomic E-state index is 12.4. The van der Waals surface area contributed by atoms with Gasteiger partial charge in [-0.15, -0.1) is 21.5 Å². The summed E-state index contributed by atoms with van der Waals surface area (Å²) in [7, 11) is 0. The Labute approximate surface area is 144 Å². The Morgan fingerprint density at radius 2 is 2.13 bits per heavy atom. The van der Waals surface area contributed by atoms with E-state index in [9.17, 15) is 4.79 Å². The normalized spacial score (nSPS) is 21.6. The molecule has 23 heavy (non-hydrogen) atoms. The molecule has 3 rings (SSSR count). The first-order chi connectivity index (χ1) is 11.0. The molecule has 0 bridgehead atoms. The molecule has 8 heteroatoms. The molecule has 1 aliphatic heterocycles. The van der Waals surface area contributed by atoms with Crippen molar-refractivity contribution in [3.05, 3.63) is 17.5 Å². The van der Waals surface area contributed by atoms with E-state index in [2.05, 4.69) is 24.0 Å².